The van der Waals surface area contributed by atoms with Gasteiger partial charge in [-0.2, -0.15) is 0 Å². The molecule has 0 amide bonds. The minimum Gasteiger partial charge on any atom is -0.307 e. The molecule has 0 aromatic heterocycles. The highest BCUT2D eigenvalue weighted by atomic mass is 19.1. The van der Waals surface area contributed by atoms with Crippen LogP contribution in [-0.2, 0) is 6.42 Å². The zero-order valence-electron chi connectivity index (χ0n) is 12.0. The van der Waals surface area contributed by atoms with Gasteiger partial charge in [-0.3, -0.25) is 0 Å². The fourth-order valence-corrected chi connectivity index (χ4v) is 3.95. The van der Waals surface area contributed by atoms with Crippen molar-refractivity contribution < 1.29 is 4.39 Å². The molecule has 0 saturated heterocycles. The Bertz CT molecular complexity index is 457. The minimum atomic E-state index is -0.0212. The van der Waals surface area contributed by atoms with Gasteiger partial charge in [-0.15, -0.1) is 0 Å². The van der Waals surface area contributed by atoms with E-state index in [2.05, 4.69) is 25.2 Å². The number of nitrogens with one attached hydrogen (secondary N) is 1. The number of fused-ring (bicyclic) bond motifs is 1. The van der Waals surface area contributed by atoms with Crippen LogP contribution in [-0.4, -0.2) is 6.04 Å². The van der Waals surface area contributed by atoms with Gasteiger partial charge < -0.3 is 5.32 Å². The Balaban J connectivity index is 1.71. The summed E-state index contributed by atoms with van der Waals surface area (Å²) in [6.07, 6.45) is 5.85. The van der Waals surface area contributed by atoms with E-state index < -0.39 is 0 Å². The maximum atomic E-state index is 13.7. The van der Waals surface area contributed by atoms with Gasteiger partial charge in [0.1, 0.15) is 5.82 Å². The quantitative estimate of drug-likeness (QED) is 0.840. The molecule has 104 valence electrons. The Morgan fingerprint density at radius 3 is 2.79 bits per heavy atom. The molecule has 4 unspecified atom stereocenters. The SMILES string of the molecule is CC1CCC(NC2CCc3c(F)cccc32)C(C)C1. The van der Waals surface area contributed by atoms with Crippen LogP contribution >= 0.6 is 0 Å². The van der Waals surface area contributed by atoms with Crippen molar-refractivity contribution in [2.75, 3.05) is 0 Å². The van der Waals surface area contributed by atoms with Crippen molar-refractivity contribution in [1.82, 2.24) is 5.32 Å². The lowest BCUT2D eigenvalue weighted by Gasteiger charge is -2.35. The molecule has 2 aliphatic rings. The monoisotopic (exact) mass is 261 g/mol. The van der Waals surface area contributed by atoms with Gasteiger partial charge in [-0.05, 0) is 61.1 Å². The third-order valence-electron chi connectivity index (χ3n) is 5.06. The van der Waals surface area contributed by atoms with Crippen molar-refractivity contribution >= 4 is 0 Å². The second kappa shape index (κ2) is 5.24. The summed E-state index contributed by atoms with van der Waals surface area (Å²) in [5.74, 6) is 1.58. The van der Waals surface area contributed by atoms with Gasteiger partial charge in [0.15, 0.2) is 0 Å². The molecule has 0 radical (unpaired) electrons. The molecule has 1 aromatic carbocycles. The summed E-state index contributed by atoms with van der Waals surface area (Å²) in [5.41, 5.74) is 2.14. The first kappa shape index (κ1) is 13.1. The predicted octanol–water partition coefficient (Wildman–Crippen LogP) is 4.23. The van der Waals surface area contributed by atoms with Crippen LogP contribution in [0.25, 0.3) is 0 Å². The standard InChI is InChI=1S/C17H24FN/c1-11-6-8-16(12(2)10-11)19-17-9-7-13-14(17)4-3-5-15(13)18/h3-5,11-12,16-17,19H,6-10H2,1-2H3. The van der Waals surface area contributed by atoms with Crippen LogP contribution in [0.5, 0.6) is 0 Å². The molecule has 19 heavy (non-hydrogen) atoms. The average Bonchev–Trinajstić information content (AvgIpc) is 2.78. The van der Waals surface area contributed by atoms with Gasteiger partial charge in [0.25, 0.3) is 0 Å². The first-order chi connectivity index (χ1) is 9.15. The van der Waals surface area contributed by atoms with Crippen molar-refractivity contribution in [2.45, 2.75) is 58.0 Å². The zero-order chi connectivity index (χ0) is 13.4. The van der Waals surface area contributed by atoms with Crippen molar-refractivity contribution in [2.24, 2.45) is 11.8 Å². The third-order valence-corrected chi connectivity index (χ3v) is 5.06. The van der Waals surface area contributed by atoms with Crippen LogP contribution < -0.4 is 5.32 Å². The Morgan fingerprint density at radius 1 is 1.16 bits per heavy atom. The number of halogens is 1. The predicted molar refractivity (Wildman–Crippen MR) is 76.6 cm³/mol. The lowest BCUT2D eigenvalue weighted by atomic mass is 9.79. The third kappa shape index (κ3) is 2.55. The summed E-state index contributed by atoms with van der Waals surface area (Å²) in [6, 6.07) is 6.51. The van der Waals surface area contributed by atoms with Gasteiger partial charge in [0, 0.05) is 12.1 Å². The maximum absolute atomic E-state index is 13.7. The molecule has 1 fully saturated rings. The molecular weight excluding hydrogens is 237 g/mol. The summed E-state index contributed by atoms with van der Waals surface area (Å²) >= 11 is 0. The van der Waals surface area contributed by atoms with Crippen LogP contribution in [0.4, 0.5) is 4.39 Å². The largest absolute Gasteiger partial charge is 0.307 e. The van der Waals surface area contributed by atoms with Crippen LogP contribution in [0.2, 0.25) is 0 Å². The van der Waals surface area contributed by atoms with Crippen molar-refractivity contribution in [3.05, 3.63) is 35.1 Å². The van der Waals surface area contributed by atoms with E-state index >= 15 is 0 Å². The average molecular weight is 261 g/mol. The zero-order valence-corrected chi connectivity index (χ0v) is 12.0. The highest BCUT2D eigenvalue weighted by Crippen LogP contribution is 2.36. The Hall–Kier alpha value is -0.890. The Kier molecular flexibility index (Phi) is 3.62. The first-order valence-corrected chi connectivity index (χ1v) is 7.68. The van der Waals surface area contributed by atoms with Crippen molar-refractivity contribution in [3.8, 4) is 0 Å². The molecule has 0 heterocycles. The number of rotatable bonds is 2. The van der Waals surface area contributed by atoms with E-state index in [1.165, 1.54) is 24.8 Å². The summed E-state index contributed by atoms with van der Waals surface area (Å²) < 4.78 is 13.7. The van der Waals surface area contributed by atoms with Gasteiger partial charge >= 0.3 is 0 Å². The van der Waals surface area contributed by atoms with E-state index in [-0.39, 0.29) is 5.82 Å². The van der Waals surface area contributed by atoms with Crippen LogP contribution in [0, 0.1) is 17.7 Å². The Morgan fingerprint density at radius 2 is 2.00 bits per heavy atom. The van der Waals surface area contributed by atoms with E-state index in [0.29, 0.717) is 12.1 Å². The van der Waals surface area contributed by atoms with Gasteiger partial charge in [0.05, 0.1) is 0 Å². The number of benzene rings is 1. The molecule has 4 atom stereocenters. The first-order valence-electron chi connectivity index (χ1n) is 7.68. The van der Waals surface area contributed by atoms with Crippen LogP contribution in [0.1, 0.15) is 56.7 Å². The second-order valence-electron chi connectivity index (χ2n) is 6.57. The van der Waals surface area contributed by atoms with Gasteiger partial charge in [-0.25, -0.2) is 4.39 Å². The number of hydrogen-bond acceptors (Lipinski definition) is 1. The maximum Gasteiger partial charge on any atom is 0.126 e. The molecular formula is C17H24FN. The van der Waals surface area contributed by atoms with Crippen LogP contribution in [0.15, 0.2) is 18.2 Å². The molecule has 2 heteroatoms. The van der Waals surface area contributed by atoms with Gasteiger partial charge in [0.2, 0.25) is 0 Å². The highest BCUT2D eigenvalue weighted by molar-refractivity contribution is 5.35. The Labute approximate surface area is 115 Å². The molecule has 1 saturated carbocycles. The fourth-order valence-electron chi connectivity index (χ4n) is 3.95. The van der Waals surface area contributed by atoms with E-state index in [1.54, 1.807) is 6.07 Å². The fraction of sp³-hybridized carbons (Fsp3) is 0.647. The summed E-state index contributed by atoms with van der Waals surface area (Å²) in [6.45, 7) is 4.71. The minimum absolute atomic E-state index is 0.0212. The molecule has 0 aliphatic heterocycles. The molecule has 2 aliphatic carbocycles. The van der Waals surface area contributed by atoms with E-state index in [1.807, 2.05) is 6.07 Å². The van der Waals surface area contributed by atoms with Gasteiger partial charge in [-0.1, -0.05) is 26.0 Å². The molecule has 1 nitrogen and oxygen atoms in total. The molecule has 0 spiro atoms. The lowest BCUT2D eigenvalue weighted by molar-refractivity contribution is 0.213. The number of hydrogen-bond donors (Lipinski definition) is 1. The van der Waals surface area contributed by atoms with Crippen molar-refractivity contribution in [1.29, 1.82) is 0 Å². The molecule has 1 aromatic rings. The van der Waals surface area contributed by atoms with Crippen molar-refractivity contribution in [3.63, 3.8) is 0 Å². The highest BCUT2D eigenvalue weighted by Gasteiger charge is 2.31. The lowest BCUT2D eigenvalue weighted by Crippen LogP contribution is -2.40. The van der Waals surface area contributed by atoms with E-state index in [0.717, 1.165) is 30.2 Å². The summed E-state index contributed by atoms with van der Waals surface area (Å²) in [5, 5.41) is 3.80. The van der Waals surface area contributed by atoms with E-state index in [9.17, 15) is 4.39 Å². The topological polar surface area (TPSA) is 12.0 Å². The smallest absolute Gasteiger partial charge is 0.126 e. The molecule has 0 bridgehead atoms. The molecule has 1 N–H and O–H groups in total. The summed E-state index contributed by atoms with van der Waals surface area (Å²) in [4.78, 5) is 0. The summed E-state index contributed by atoms with van der Waals surface area (Å²) in [7, 11) is 0. The normalized spacial score (nSPS) is 34.3. The second-order valence-corrected chi connectivity index (χ2v) is 6.57. The van der Waals surface area contributed by atoms with E-state index in [4.69, 9.17) is 0 Å². The van der Waals surface area contributed by atoms with Crippen LogP contribution in [0.3, 0.4) is 0 Å². The molecule has 3 rings (SSSR count).